The maximum absolute atomic E-state index is 4.63. The van der Waals surface area contributed by atoms with Crippen LogP contribution in [0.5, 0.6) is 0 Å². The summed E-state index contributed by atoms with van der Waals surface area (Å²) in [6.45, 7) is 4.42. The molecule has 0 radical (unpaired) electrons. The van der Waals surface area contributed by atoms with Crippen molar-refractivity contribution in [2.24, 2.45) is 0 Å². The summed E-state index contributed by atoms with van der Waals surface area (Å²) in [5.41, 5.74) is 1.42. The van der Waals surface area contributed by atoms with E-state index in [1.54, 1.807) is 0 Å². The molecular formula is C13H21N3. The van der Waals surface area contributed by atoms with Gasteiger partial charge in [-0.25, -0.2) is 4.98 Å². The van der Waals surface area contributed by atoms with Crippen LogP contribution in [0.25, 0.3) is 0 Å². The Morgan fingerprint density at radius 2 is 2.06 bits per heavy atom. The highest BCUT2D eigenvalue weighted by Crippen LogP contribution is 2.39. The fourth-order valence-corrected chi connectivity index (χ4v) is 2.79. The Morgan fingerprint density at radius 3 is 2.69 bits per heavy atom. The normalized spacial score (nSPS) is 23.6. The Kier molecular flexibility index (Phi) is 2.23. The third kappa shape index (κ3) is 1.83. The summed E-state index contributed by atoms with van der Waals surface area (Å²) >= 11 is 0. The molecule has 2 aliphatic rings. The summed E-state index contributed by atoms with van der Waals surface area (Å²) in [5, 5.41) is 3.68. The number of aryl methyl sites for hydroxylation is 1. The van der Waals surface area contributed by atoms with Gasteiger partial charge < -0.3 is 9.88 Å². The van der Waals surface area contributed by atoms with Crippen molar-refractivity contribution in [1.82, 2.24) is 9.55 Å². The molecule has 1 aromatic heterocycles. The van der Waals surface area contributed by atoms with Gasteiger partial charge in [0.25, 0.3) is 0 Å². The molecule has 0 unspecified atom stereocenters. The van der Waals surface area contributed by atoms with Gasteiger partial charge in [0.2, 0.25) is 5.95 Å². The van der Waals surface area contributed by atoms with Crippen LogP contribution in [0, 0.1) is 6.92 Å². The smallest absolute Gasteiger partial charge is 0.203 e. The lowest BCUT2D eigenvalue weighted by Gasteiger charge is -2.26. The minimum atomic E-state index is 0.282. The van der Waals surface area contributed by atoms with Crippen LogP contribution in [-0.2, 0) is 0 Å². The molecule has 0 amide bonds. The van der Waals surface area contributed by atoms with Crippen molar-refractivity contribution in [3.8, 4) is 0 Å². The van der Waals surface area contributed by atoms with Gasteiger partial charge in [0, 0.05) is 17.8 Å². The topological polar surface area (TPSA) is 29.9 Å². The number of nitrogens with one attached hydrogen (secondary N) is 1. The standard InChI is InChI=1S/C13H21N3/c1-10-9-16(11-5-6-11)12(14-10)15-13(2)7-3-4-8-13/h9,11H,3-8H2,1-2H3,(H,14,15). The first-order chi connectivity index (χ1) is 7.66. The molecule has 0 bridgehead atoms. The van der Waals surface area contributed by atoms with E-state index < -0.39 is 0 Å². The van der Waals surface area contributed by atoms with Gasteiger partial charge >= 0.3 is 0 Å². The Balaban J connectivity index is 1.82. The number of hydrogen-bond donors (Lipinski definition) is 1. The predicted molar refractivity (Wildman–Crippen MR) is 65.7 cm³/mol. The lowest BCUT2D eigenvalue weighted by atomic mass is 10.0. The first-order valence-corrected chi connectivity index (χ1v) is 6.50. The Bertz CT molecular complexity index is 384. The van der Waals surface area contributed by atoms with E-state index in [0.29, 0.717) is 6.04 Å². The number of rotatable bonds is 3. The van der Waals surface area contributed by atoms with Crippen LogP contribution in [0.3, 0.4) is 0 Å². The third-order valence-electron chi connectivity index (χ3n) is 3.91. The van der Waals surface area contributed by atoms with Gasteiger partial charge in [-0.15, -0.1) is 0 Å². The van der Waals surface area contributed by atoms with Crippen molar-refractivity contribution in [2.45, 2.75) is 64.0 Å². The zero-order chi connectivity index (χ0) is 11.2. The van der Waals surface area contributed by atoms with Crippen LogP contribution in [0.1, 0.15) is 57.2 Å². The van der Waals surface area contributed by atoms with Gasteiger partial charge in [-0.2, -0.15) is 0 Å². The van der Waals surface area contributed by atoms with Crippen LogP contribution in [0.4, 0.5) is 5.95 Å². The summed E-state index contributed by atoms with van der Waals surface area (Å²) in [6, 6.07) is 0.716. The predicted octanol–water partition coefficient (Wildman–Crippen LogP) is 3.27. The summed E-state index contributed by atoms with van der Waals surface area (Å²) < 4.78 is 2.35. The lowest BCUT2D eigenvalue weighted by Crippen LogP contribution is -2.32. The quantitative estimate of drug-likeness (QED) is 0.845. The summed E-state index contributed by atoms with van der Waals surface area (Å²) in [4.78, 5) is 4.63. The second-order valence-corrected chi connectivity index (χ2v) is 5.74. The lowest BCUT2D eigenvalue weighted by molar-refractivity contribution is 0.522. The summed E-state index contributed by atoms with van der Waals surface area (Å²) in [5.74, 6) is 1.10. The van der Waals surface area contributed by atoms with Crippen molar-refractivity contribution in [3.63, 3.8) is 0 Å². The van der Waals surface area contributed by atoms with Gasteiger partial charge in [0.15, 0.2) is 0 Å². The molecule has 0 aliphatic heterocycles. The second kappa shape index (κ2) is 3.51. The van der Waals surface area contributed by atoms with E-state index in [4.69, 9.17) is 0 Å². The molecule has 1 N–H and O–H groups in total. The maximum atomic E-state index is 4.63. The molecule has 2 aliphatic carbocycles. The molecule has 88 valence electrons. The highest BCUT2D eigenvalue weighted by Gasteiger charge is 2.32. The molecule has 2 saturated carbocycles. The van der Waals surface area contributed by atoms with Crippen LogP contribution in [-0.4, -0.2) is 15.1 Å². The SMILES string of the molecule is Cc1cn(C2CC2)c(NC2(C)CCCC2)n1. The Morgan fingerprint density at radius 1 is 1.38 bits per heavy atom. The molecule has 1 aromatic rings. The molecule has 16 heavy (non-hydrogen) atoms. The highest BCUT2D eigenvalue weighted by molar-refractivity contribution is 5.34. The fourth-order valence-electron chi connectivity index (χ4n) is 2.79. The molecular weight excluding hydrogens is 198 g/mol. The van der Waals surface area contributed by atoms with E-state index in [0.717, 1.165) is 11.6 Å². The first-order valence-electron chi connectivity index (χ1n) is 6.50. The molecule has 0 atom stereocenters. The van der Waals surface area contributed by atoms with Crippen molar-refractivity contribution in [2.75, 3.05) is 5.32 Å². The highest BCUT2D eigenvalue weighted by atomic mass is 15.3. The van der Waals surface area contributed by atoms with Gasteiger partial charge in [0.05, 0.1) is 5.69 Å². The second-order valence-electron chi connectivity index (χ2n) is 5.74. The number of nitrogens with zero attached hydrogens (tertiary/aromatic N) is 2. The Hall–Kier alpha value is -0.990. The number of aromatic nitrogens is 2. The molecule has 0 saturated heterocycles. The molecule has 0 aromatic carbocycles. The van der Waals surface area contributed by atoms with Crippen molar-refractivity contribution in [3.05, 3.63) is 11.9 Å². The third-order valence-corrected chi connectivity index (χ3v) is 3.91. The van der Waals surface area contributed by atoms with E-state index in [1.807, 2.05) is 0 Å². The minimum Gasteiger partial charge on any atom is -0.350 e. The zero-order valence-electron chi connectivity index (χ0n) is 10.3. The molecule has 3 nitrogen and oxygen atoms in total. The largest absolute Gasteiger partial charge is 0.350 e. The van der Waals surface area contributed by atoms with E-state index in [-0.39, 0.29) is 5.54 Å². The van der Waals surface area contributed by atoms with Crippen molar-refractivity contribution >= 4 is 5.95 Å². The van der Waals surface area contributed by atoms with Gasteiger partial charge in [-0.1, -0.05) is 12.8 Å². The van der Waals surface area contributed by atoms with E-state index >= 15 is 0 Å². The number of imidazole rings is 1. The van der Waals surface area contributed by atoms with E-state index in [9.17, 15) is 0 Å². The van der Waals surface area contributed by atoms with Crippen molar-refractivity contribution < 1.29 is 0 Å². The molecule has 1 heterocycles. The van der Waals surface area contributed by atoms with E-state index in [2.05, 4.69) is 34.9 Å². The van der Waals surface area contributed by atoms with Crippen LogP contribution >= 0.6 is 0 Å². The van der Waals surface area contributed by atoms with Gasteiger partial charge in [0.1, 0.15) is 0 Å². The van der Waals surface area contributed by atoms with Crippen LogP contribution in [0.2, 0.25) is 0 Å². The van der Waals surface area contributed by atoms with Crippen LogP contribution in [0.15, 0.2) is 6.20 Å². The molecule has 3 heteroatoms. The fraction of sp³-hybridized carbons (Fsp3) is 0.769. The molecule has 2 fully saturated rings. The number of hydrogen-bond acceptors (Lipinski definition) is 2. The average Bonchev–Trinajstić information content (AvgIpc) is 2.89. The van der Waals surface area contributed by atoms with Gasteiger partial charge in [-0.05, 0) is 39.5 Å². The molecule has 3 rings (SSSR count). The zero-order valence-corrected chi connectivity index (χ0v) is 10.3. The summed E-state index contributed by atoms with van der Waals surface area (Å²) in [6.07, 6.45) is 10.1. The average molecular weight is 219 g/mol. The maximum Gasteiger partial charge on any atom is 0.203 e. The summed E-state index contributed by atoms with van der Waals surface area (Å²) in [7, 11) is 0. The molecule has 0 spiro atoms. The van der Waals surface area contributed by atoms with Crippen LogP contribution < -0.4 is 5.32 Å². The number of anilines is 1. The minimum absolute atomic E-state index is 0.282. The Labute approximate surface area is 97.3 Å². The van der Waals surface area contributed by atoms with Gasteiger partial charge in [-0.3, -0.25) is 0 Å². The van der Waals surface area contributed by atoms with E-state index in [1.165, 1.54) is 38.5 Å². The monoisotopic (exact) mass is 219 g/mol. The first kappa shape index (κ1) is 10.2. The van der Waals surface area contributed by atoms with Crippen molar-refractivity contribution in [1.29, 1.82) is 0 Å².